The highest BCUT2D eigenvalue weighted by Crippen LogP contribution is 2.45. The van der Waals surface area contributed by atoms with Crippen molar-refractivity contribution in [1.82, 2.24) is 0 Å². The quantitative estimate of drug-likeness (QED) is 0.507. The highest BCUT2D eigenvalue weighted by molar-refractivity contribution is 5.88. The number of para-hydroxylation sites is 1. The molecule has 0 spiro atoms. The summed E-state index contributed by atoms with van der Waals surface area (Å²) in [5.74, 6) is 0.0532. The van der Waals surface area contributed by atoms with Crippen LogP contribution in [0.4, 0.5) is 0 Å². The average Bonchev–Trinajstić information content (AvgIpc) is 3.14. The predicted molar refractivity (Wildman–Crippen MR) is 100 cm³/mol. The number of benzene rings is 2. The molecule has 0 saturated carbocycles. The zero-order chi connectivity index (χ0) is 19.8. The molecule has 7 heteroatoms. The number of hydrogen-bond acceptors (Lipinski definition) is 7. The molecule has 4 rings (SSSR count). The number of carbonyl (C=O) groups is 1. The van der Waals surface area contributed by atoms with E-state index in [1.165, 1.54) is 21.3 Å². The summed E-state index contributed by atoms with van der Waals surface area (Å²) in [5.41, 5.74) is 0.762. The molecule has 1 aliphatic rings. The maximum atomic E-state index is 12.8. The lowest BCUT2D eigenvalue weighted by Gasteiger charge is -2.18. The number of esters is 1. The van der Waals surface area contributed by atoms with Crippen molar-refractivity contribution < 1.29 is 28.2 Å². The zero-order valence-electron chi connectivity index (χ0n) is 15.6. The van der Waals surface area contributed by atoms with Gasteiger partial charge in [0.1, 0.15) is 11.3 Å². The first-order valence-corrected chi connectivity index (χ1v) is 8.61. The van der Waals surface area contributed by atoms with Gasteiger partial charge >= 0.3 is 11.6 Å². The lowest BCUT2D eigenvalue weighted by molar-refractivity contribution is -0.148. The Kier molecular flexibility index (Phi) is 4.43. The van der Waals surface area contributed by atoms with Crippen molar-refractivity contribution in [2.24, 2.45) is 0 Å². The van der Waals surface area contributed by atoms with E-state index in [9.17, 15) is 9.59 Å². The van der Waals surface area contributed by atoms with Gasteiger partial charge in [0.15, 0.2) is 11.5 Å². The van der Waals surface area contributed by atoms with Crippen molar-refractivity contribution in [3.05, 3.63) is 64.0 Å². The molecule has 1 aromatic heterocycles. The first kappa shape index (κ1) is 17.9. The van der Waals surface area contributed by atoms with Gasteiger partial charge in [-0.1, -0.05) is 18.2 Å². The monoisotopic (exact) mass is 382 g/mol. The van der Waals surface area contributed by atoms with Crippen LogP contribution in [0.15, 0.2) is 51.7 Å². The third kappa shape index (κ3) is 2.67. The van der Waals surface area contributed by atoms with Crippen LogP contribution in [0.25, 0.3) is 11.0 Å². The number of ether oxygens (including phenoxy) is 4. The van der Waals surface area contributed by atoms with Crippen molar-refractivity contribution in [2.75, 3.05) is 21.3 Å². The minimum absolute atomic E-state index is 0.279. The average molecular weight is 382 g/mol. The molecule has 0 radical (unpaired) electrons. The van der Waals surface area contributed by atoms with Crippen LogP contribution in [0.1, 0.15) is 17.0 Å². The van der Waals surface area contributed by atoms with Gasteiger partial charge < -0.3 is 23.4 Å². The van der Waals surface area contributed by atoms with E-state index in [2.05, 4.69) is 0 Å². The lowest BCUT2D eigenvalue weighted by atomic mass is 9.88. The molecular formula is C21H18O7. The predicted octanol–water partition coefficient (Wildman–Crippen LogP) is 2.88. The molecule has 1 aliphatic heterocycles. The summed E-state index contributed by atoms with van der Waals surface area (Å²) in [6.07, 6.45) is -1.02. The second-order valence-corrected chi connectivity index (χ2v) is 6.28. The molecule has 0 saturated heterocycles. The van der Waals surface area contributed by atoms with Crippen LogP contribution in [0, 0.1) is 0 Å². The SMILES string of the molecule is COC(=O)[C@@H]1Oc2c(c(=O)oc3ccccc23)[C@@H]1c1ccc(OC)c(OC)c1. The Morgan fingerprint density at radius 1 is 1.00 bits per heavy atom. The second-order valence-electron chi connectivity index (χ2n) is 6.28. The Morgan fingerprint density at radius 3 is 2.46 bits per heavy atom. The fourth-order valence-electron chi connectivity index (χ4n) is 3.57. The van der Waals surface area contributed by atoms with Gasteiger partial charge in [-0.3, -0.25) is 0 Å². The van der Waals surface area contributed by atoms with Crippen LogP contribution >= 0.6 is 0 Å². The molecule has 28 heavy (non-hydrogen) atoms. The molecule has 2 aromatic carbocycles. The summed E-state index contributed by atoms with van der Waals surface area (Å²) >= 11 is 0. The second kappa shape index (κ2) is 6.92. The lowest BCUT2D eigenvalue weighted by Crippen LogP contribution is -2.31. The van der Waals surface area contributed by atoms with E-state index in [0.29, 0.717) is 33.8 Å². The fraction of sp³-hybridized carbons (Fsp3) is 0.238. The molecule has 0 amide bonds. The smallest absolute Gasteiger partial charge is 0.348 e. The topological polar surface area (TPSA) is 84.2 Å². The van der Waals surface area contributed by atoms with E-state index in [-0.39, 0.29) is 5.56 Å². The summed E-state index contributed by atoms with van der Waals surface area (Å²) in [5, 5.41) is 0.619. The van der Waals surface area contributed by atoms with Crippen molar-refractivity contribution in [2.45, 2.75) is 12.0 Å². The Hall–Kier alpha value is -3.48. The van der Waals surface area contributed by atoms with Crippen LogP contribution in [-0.2, 0) is 9.53 Å². The zero-order valence-corrected chi connectivity index (χ0v) is 15.6. The van der Waals surface area contributed by atoms with Gasteiger partial charge in [0.05, 0.1) is 38.2 Å². The number of hydrogen-bond donors (Lipinski definition) is 0. The third-order valence-corrected chi connectivity index (χ3v) is 4.86. The summed E-state index contributed by atoms with van der Waals surface area (Å²) in [4.78, 5) is 25.2. The molecule has 0 N–H and O–H groups in total. The molecular weight excluding hydrogens is 364 g/mol. The van der Waals surface area contributed by atoms with Gasteiger partial charge in [0.2, 0.25) is 6.10 Å². The highest BCUT2D eigenvalue weighted by Gasteiger charge is 2.45. The molecule has 2 atom stereocenters. The number of fused-ring (bicyclic) bond motifs is 3. The Balaban J connectivity index is 1.96. The number of methoxy groups -OCH3 is 3. The van der Waals surface area contributed by atoms with Gasteiger partial charge in [0.25, 0.3) is 0 Å². The van der Waals surface area contributed by atoms with Gasteiger partial charge in [-0.05, 0) is 29.8 Å². The normalized spacial score (nSPS) is 17.7. The van der Waals surface area contributed by atoms with Gasteiger partial charge in [-0.2, -0.15) is 0 Å². The molecule has 0 unspecified atom stereocenters. The van der Waals surface area contributed by atoms with Crippen molar-refractivity contribution >= 4 is 16.9 Å². The van der Waals surface area contributed by atoms with E-state index in [4.69, 9.17) is 23.4 Å². The minimum Gasteiger partial charge on any atom is -0.493 e. The van der Waals surface area contributed by atoms with E-state index >= 15 is 0 Å². The summed E-state index contributed by atoms with van der Waals surface area (Å²) < 4.78 is 27.0. The molecule has 0 fully saturated rings. The van der Waals surface area contributed by atoms with Gasteiger partial charge in [-0.25, -0.2) is 9.59 Å². The standard InChI is InChI=1S/C21H18O7/c1-24-14-9-8-11(10-15(14)25-2)16-17-18(28-19(16)21(23)26-3)12-6-4-5-7-13(12)27-20(17)22/h4-10,16,19H,1-3H3/t16-,19+/m0/s1. The first-order valence-electron chi connectivity index (χ1n) is 8.61. The molecule has 0 bridgehead atoms. The van der Waals surface area contributed by atoms with Crippen molar-refractivity contribution in [3.8, 4) is 17.2 Å². The maximum Gasteiger partial charge on any atom is 0.348 e. The largest absolute Gasteiger partial charge is 0.493 e. The number of carbonyl (C=O) groups excluding carboxylic acids is 1. The van der Waals surface area contributed by atoms with Crippen LogP contribution < -0.4 is 19.8 Å². The Morgan fingerprint density at radius 2 is 1.75 bits per heavy atom. The highest BCUT2D eigenvalue weighted by atomic mass is 16.6. The van der Waals surface area contributed by atoms with E-state index in [1.807, 2.05) is 6.07 Å². The van der Waals surface area contributed by atoms with Gasteiger partial charge in [0, 0.05) is 0 Å². The first-order chi connectivity index (χ1) is 13.6. The molecule has 2 heterocycles. The van der Waals surface area contributed by atoms with Crippen molar-refractivity contribution in [1.29, 1.82) is 0 Å². The fourth-order valence-corrected chi connectivity index (χ4v) is 3.57. The summed E-state index contributed by atoms with van der Waals surface area (Å²) in [6, 6.07) is 12.2. The van der Waals surface area contributed by atoms with E-state index in [0.717, 1.165) is 0 Å². The molecule has 0 aliphatic carbocycles. The number of rotatable bonds is 4. The molecule has 3 aromatic rings. The summed E-state index contributed by atoms with van der Waals surface area (Å²) in [7, 11) is 4.32. The van der Waals surface area contributed by atoms with Crippen LogP contribution in [-0.4, -0.2) is 33.4 Å². The van der Waals surface area contributed by atoms with Crippen LogP contribution in [0.2, 0.25) is 0 Å². The van der Waals surface area contributed by atoms with Crippen LogP contribution in [0.5, 0.6) is 17.2 Å². The van der Waals surface area contributed by atoms with Gasteiger partial charge in [-0.15, -0.1) is 0 Å². The van der Waals surface area contributed by atoms with Crippen molar-refractivity contribution in [3.63, 3.8) is 0 Å². The maximum absolute atomic E-state index is 12.8. The summed E-state index contributed by atoms with van der Waals surface area (Å²) in [6.45, 7) is 0. The minimum atomic E-state index is -1.02. The van der Waals surface area contributed by atoms with E-state index < -0.39 is 23.6 Å². The van der Waals surface area contributed by atoms with E-state index in [1.54, 1.807) is 36.4 Å². The van der Waals surface area contributed by atoms with Crippen LogP contribution in [0.3, 0.4) is 0 Å². The molecule has 144 valence electrons. The third-order valence-electron chi connectivity index (χ3n) is 4.86. The Labute approximate surface area is 160 Å². The molecule has 7 nitrogen and oxygen atoms in total. The Bertz CT molecular complexity index is 1120.